The molecule has 1 heterocycles. The molecule has 1 fully saturated rings. The van der Waals surface area contributed by atoms with Gasteiger partial charge in [0.15, 0.2) is 6.04 Å². The fourth-order valence-corrected chi connectivity index (χ4v) is 2.83. The molecule has 0 bridgehead atoms. The van der Waals surface area contributed by atoms with E-state index in [0.717, 1.165) is 36.9 Å². The fourth-order valence-electron chi connectivity index (χ4n) is 2.83. The van der Waals surface area contributed by atoms with Crippen LogP contribution in [0.2, 0.25) is 0 Å². The fraction of sp³-hybridized carbons (Fsp3) is 0.562. The van der Waals surface area contributed by atoms with Crippen molar-refractivity contribution in [1.29, 1.82) is 0 Å². The van der Waals surface area contributed by atoms with Gasteiger partial charge in [-0.25, -0.2) is 0 Å². The highest BCUT2D eigenvalue weighted by Crippen LogP contribution is 2.34. The number of para-hydroxylation sites is 1. The second kappa shape index (κ2) is 6.69. The molecule has 1 saturated heterocycles. The molecule has 1 aromatic carbocycles. The molecule has 1 aliphatic rings. The Morgan fingerprint density at radius 2 is 1.86 bits per heavy atom. The summed E-state index contributed by atoms with van der Waals surface area (Å²) in [5.74, 6) is 0.297. The number of benzene rings is 1. The third-order valence-electron chi connectivity index (χ3n) is 4.41. The SMILES string of the molecule is CC1CC[NH+]([C@@H](C)C(=O)Nc2ccccc2C(F)(F)F)CC1. The molecule has 1 aliphatic heterocycles. The van der Waals surface area contributed by atoms with E-state index in [0.29, 0.717) is 5.92 Å². The van der Waals surface area contributed by atoms with Crippen molar-refractivity contribution in [3.05, 3.63) is 29.8 Å². The first-order valence-corrected chi connectivity index (χ1v) is 7.60. The Morgan fingerprint density at radius 3 is 2.45 bits per heavy atom. The highest BCUT2D eigenvalue weighted by molar-refractivity contribution is 5.94. The van der Waals surface area contributed by atoms with Crippen molar-refractivity contribution in [2.75, 3.05) is 18.4 Å². The molecule has 0 saturated carbocycles. The maximum Gasteiger partial charge on any atom is 0.418 e. The number of likely N-dealkylation sites (tertiary alicyclic amines) is 1. The quantitative estimate of drug-likeness (QED) is 0.882. The second-order valence-corrected chi connectivity index (χ2v) is 6.10. The first kappa shape index (κ1) is 16.8. The zero-order valence-electron chi connectivity index (χ0n) is 12.8. The first-order valence-electron chi connectivity index (χ1n) is 7.60. The Morgan fingerprint density at radius 1 is 1.27 bits per heavy atom. The molecule has 1 atom stereocenters. The molecule has 1 amide bonds. The second-order valence-electron chi connectivity index (χ2n) is 6.10. The first-order chi connectivity index (χ1) is 10.3. The summed E-state index contributed by atoms with van der Waals surface area (Å²) in [4.78, 5) is 13.4. The summed E-state index contributed by atoms with van der Waals surface area (Å²) in [5.41, 5.74) is -0.977. The van der Waals surface area contributed by atoms with E-state index in [2.05, 4.69) is 12.2 Å². The van der Waals surface area contributed by atoms with Gasteiger partial charge >= 0.3 is 6.18 Å². The minimum Gasteiger partial charge on any atom is -0.325 e. The van der Waals surface area contributed by atoms with Gasteiger partial charge in [0, 0.05) is 0 Å². The van der Waals surface area contributed by atoms with Gasteiger partial charge in [-0.2, -0.15) is 13.2 Å². The number of halogens is 3. The molecule has 0 aliphatic carbocycles. The van der Waals surface area contributed by atoms with Crippen molar-refractivity contribution < 1.29 is 22.9 Å². The van der Waals surface area contributed by atoms with E-state index in [9.17, 15) is 18.0 Å². The van der Waals surface area contributed by atoms with Crippen LogP contribution in [-0.2, 0) is 11.0 Å². The van der Waals surface area contributed by atoms with Crippen LogP contribution in [0.5, 0.6) is 0 Å². The van der Waals surface area contributed by atoms with Crippen LogP contribution in [0.25, 0.3) is 0 Å². The topological polar surface area (TPSA) is 33.5 Å². The molecular weight excluding hydrogens is 293 g/mol. The van der Waals surface area contributed by atoms with Gasteiger partial charge in [0.1, 0.15) is 0 Å². The van der Waals surface area contributed by atoms with Crippen LogP contribution in [0.15, 0.2) is 24.3 Å². The maximum atomic E-state index is 12.9. The third-order valence-corrected chi connectivity index (χ3v) is 4.41. The Balaban J connectivity index is 2.06. The minimum absolute atomic E-state index is 0.170. The lowest BCUT2D eigenvalue weighted by Gasteiger charge is -2.31. The van der Waals surface area contributed by atoms with Gasteiger partial charge in [0.2, 0.25) is 0 Å². The average molecular weight is 315 g/mol. The number of hydrogen-bond donors (Lipinski definition) is 2. The predicted molar refractivity (Wildman–Crippen MR) is 78.6 cm³/mol. The van der Waals surface area contributed by atoms with Crippen LogP contribution in [0.4, 0.5) is 18.9 Å². The van der Waals surface area contributed by atoms with E-state index in [4.69, 9.17) is 0 Å². The molecule has 122 valence electrons. The average Bonchev–Trinajstić information content (AvgIpc) is 2.46. The van der Waals surface area contributed by atoms with Crippen molar-refractivity contribution in [3.8, 4) is 0 Å². The van der Waals surface area contributed by atoms with Crippen molar-refractivity contribution in [3.63, 3.8) is 0 Å². The van der Waals surface area contributed by atoms with Crippen LogP contribution in [0.3, 0.4) is 0 Å². The van der Waals surface area contributed by atoms with Gasteiger partial charge in [-0.05, 0) is 37.8 Å². The van der Waals surface area contributed by atoms with Crippen molar-refractivity contribution in [2.24, 2.45) is 5.92 Å². The van der Waals surface area contributed by atoms with E-state index >= 15 is 0 Å². The number of rotatable bonds is 3. The molecule has 0 aromatic heterocycles. The maximum absolute atomic E-state index is 12.9. The monoisotopic (exact) mass is 315 g/mol. The lowest BCUT2D eigenvalue weighted by molar-refractivity contribution is -0.919. The lowest BCUT2D eigenvalue weighted by atomic mass is 9.98. The van der Waals surface area contributed by atoms with Gasteiger partial charge in [0.25, 0.3) is 5.91 Å². The van der Waals surface area contributed by atoms with Crippen LogP contribution < -0.4 is 10.2 Å². The van der Waals surface area contributed by atoms with Crippen LogP contribution in [0, 0.1) is 5.92 Å². The van der Waals surface area contributed by atoms with Crippen LogP contribution >= 0.6 is 0 Å². The van der Waals surface area contributed by atoms with E-state index < -0.39 is 11.7 Å². The van der Waals surface area contributed by atoms with E-state index in [1.54, 1.807) is 6.92 Å². The predicted octanol–water partition coefficient (Wildman–Crippen LogP) is 2.35. The summed E-state index contributed by atoms with van der Waals surface area (Å²) in [7, 11) is 0. The van der Waals surface area contributed by atoms with Crippen molar-refractivity contribution >= 4 is 11.6 Å². The van der Waals surface area contributed by atoms with Crippen molar-refractivity contribution in [1.82, 2.24) is 0 Å². The van der Waals surface area contributed by atoms with Gasteiger partial charge in [0.05, 0.1) is 24.3 Å². The molecule has 2 rings (SSSR count). The van der Waals surface area contributed by atoms with E-state index in [1.165, 1.54) is 18.2 Å². The number of alkyl halides is 3. The molecule has 0 unspecified atom stereocenters. The Bertz CT molecular complexity index is 522. The summed E-state index contributed by atoms with van der Waals surface area (Å²) in [5, 5.41) is 2.45. The van der Waals surface area contributed by atoms with Gasteiger partial charge < -0.3 is 10.2 Å². The molecule has 0 spiro atoms. The highest BCUT2D eigenvalue weighted by atomic mass is 19.4. The number of hydrogen-bond acceptors (Lipinski definition) is 1. The lowest BCUT2D eigenvalue weighted by Crippen LogP contribution is -3.17. The molecule has 0 radical (unpaired) electrons. The summed E-state index contributed by atoms with van der Waals surface area (Å²) < 4.78 is 38.8. The van der Waals surface area contributed by atoms with E-state index in [1.807, 2.05) is 0 Å². The molecule has 3 nitrogen and oxygen atoms in total. The standard InChI is InChI=1S/C16H21F3N2O/c1-11-7-9-21(10-8-11)12(2)15(22)20-14-6-4-3-5-13(14)16(17,18)19/h3-6,11-12H,7-10H2,1-2H3,(H,20,22)/p+1/t12-/m0/s1. The third kappa shape index (κ3) is 4.00. The number of carbonyl (C=O) groups excluding carboxylic acids is 1. The van der Waals surface area contributed by atoms with Crippen LogP contribution in [0.1, 0.15) is 32.3 Å². The largest absolute Gasteiger partial charge is 0.418 e. The summed E-state index contributed by atoms with van der Waals surface area (Å²) >= 11 is 0. The minimum atomic E-state index is -4.47. The summed E-state index contributed by atoms with van der Waals surface area (Å²) in [6.07, 6.45) is -2.38. The van der Waals surface area contributed by atoms with Crippen LogP contribution in [-0.4, -0.2) is 25.0 Å². The number of carbonyl (C=O) groups is 1. The molecule has 6 heteroatoms. The smallest absolute Gasteiger partial charge is 0.325 e. The Labute approximate surface area is 128 Å². The van der Waals surface area contributed by atoms with Gasteiger partial charge in [-0.3, -0.25) is 4.79 Å². The zero-order chi connectivity index (χ0) is 16.3. The molecular formula is C16H22F3N2O+. The van der Waals surface area contributed by atoms with Crippen molar-refractivity contribution in [2.45, 2.75) is 38.9 Å². The molecule has 22 heavy (non-hydrogen) atoms. The number of quaternary nitrogens is 1. The summed E-state index contributed by atoms with van der Waals surface area (Å²) in [6.45, 7) is 5.73. The number of amides is 1. The van der Waals surface area contributed by atoms with Gasteiger partial charge in [-0.1, -0.05) is 19.1 Å². The number of anilines is 1. The number of nitrogens with one attached hydrogen (secondary N) is 2. The normalized spacial score (nSPS) is 23.9. The number of piperidine rings is 1. The Kier molecular flexibility index (Phi) is 5.11. The summed E-state index contributed by atoms with van der Waals surface area (Å²) in [6, 6.07) is 4.73. The Hall–Kier alpha value is -1.56. The molecule has 2 N–H and O–H groups in total. The van der Waals surface area contributed by atoms with E-state index in [-0.39, 0.29) is 17.6 Å². The van der Waals surface area contributed by atoms with Gasteiger partial charge in [-0.15, -0.1) is 0 Å². The zero-order valence-corrected chi connectivity index (χ0v) is 12.8. The highest BCUT2D eigenvalue weighted by Gasteiger charge is 2.35. The molecule has 1 aromatic rings.